The molecule has 1 fully saturated rings. The topological polar surface area (TPSA) is 29.5 Å². The number of carbonyl (C=O) groups excluding carboxylic acids is 1. The Bertz CT molecular complexity index is 181. The van der Waals surface area contributed by atoms with Crippen LogP contribution in [0.3, 0.4) is 0 Å². The summed E-state index contributed by atoms with van der Waals surface area (Å²) in [6, 6.07) is 0. The van der Waals surface area contributed by atoms with E-state index in [1.54, 1.807) is 16.0 Å². The summed E-state index contributed by atoms with van der Waals surface area (Å²) in [7, 11) is 0. The molecule has 5 heteroatoms. The van der Waals surface area contributed by atoms with Crippen LogP contribution in [0.5, 0.6) is 0 Å². The van der Waals surface area contributed by atoms with Crippen LogP contribution in [-0.2, 0) is 4.74 Å². The molecule has 0 unspecified atom stereocenters. The van der Waals surface area contributed by atoms with Crippen molar-refractivity contribution in [1.82, 2.24) is 4.31 Å². The minimum absolute atomic E-state index is 0.0625. The normalized spacial score (nSPS) is 30.9. The zero-order chi connectivity index (χ0) is 6.27. The van der Waals surface area contributed by atoms with E-state index in [2.05, 4.69) is 0 Å². The Kier molecular flexibility index (Phi) is 1.13. The molecule has 0 bridgehead atoms. The molecule has 2 aliphatic heterocycles. The summed E-state index contributed by atoms with van der Waals surface area (Å²) in [5, 5.41) is 1.82. The van der Waals surface area contributed by atoms with Crippen molar-refractivity contribution in [2.24, 2.45) is 0 Å². The van der Waals surface area contributed by atoms with E-state index in [9.17, 15) is 4.79 Å². The molecule has 1 atom stereocenters. The van der Waals surface area contributed by atoms with Crippen LogP contribution in [0, 0.1) is 0 Å². The molecule has 0 aromatic carbocycles. The fourth-order valence-electron chi connectivity index (χ4n) is 0.588. The fourth-order valence-corrected chi connectivity index (χ4v) is 2.13. The average Bonchev–Trinajstić information content (AvgIpc) is 1.86. The zero-order valence-electron chi connectivity index (χ0n) is 4.31. The molecular weight excluding hydrogens is 158 g/mol. The third-order valence-corrected chi connectivity index (χ3v) is 2.99. The molecule has 0 aliphatic carbocycles. The Morgan fingerprint density at radius 1 is 1.78 bits per heavy atom. The number of hydrogen-bond donors (Lipinski definition) is 0. The van der Waals surface area contributed by atoms with Gasteiger partial charge in [0.15, 0.2) is 0 Å². The van der Waals surface area contributed by atoms with Gasteiger partial charge in [-0.1, -0.05) is 0 Å². The summed E-state index contributed by atoms with van der Waals surface area (Å²) in [4.78, 5) is 10.6. The first-order valence-corrected chi connectivity index (χ1v) is 4.06. The summed E-state index contributed by atoms with van der Waals surface area (Å²) in [5.41, 5.74) is -0.0625. The first-order valence-electron chi connectivity index (χ1n) is 2.35. The lowest BCUT2D eigenvalue weighted by Crippen LogP contribution is -2.43. The largest absolute Gasteiger partial charge is 0.467 e. The Labute approximate surface area is 60.5 Å². The Morgan fingerprint density at radius 3 is 3.22 bits per heavy atom. The summed E-state index contributed by atoms with van der Waals surface area (Å²) < 4.78 is 6.60. The van der Waals surface area contributed by atoms with Crippen molar-refractivity contribution in [3.8, 4) is 0 Å². The molecule has 2 heterocycles. The van der Waals surface area contributed by atoms with Crippen LogP contribution in [0.25, 0.3) is 0 Å². The maximum Gasteiger partial charge on any atom is 0.301 e. The van der Waals surface area contributed by atoms with E-state index in [4.69, 9.17) is 4.74 Å². The molecular formula is C4H3NO2S2. The summed E-state index contributed by atoms with van der Waals surface area (Å²) in [6.45, 7) is 0. The van der Waals surface area contributed by atoms with Crippen molar-refractivity contribution in [2.45, 2.75) is 5.56 Å². The van der Waals surface area contributed by atoms with Crippen LogP contribution < -0.4 is 0 Å². The molecule has 1 saturated heterocycles. The smallest absolute Gasteiger partial charge is 0.301 e. The molecule has 0 radical (unpaired) electrons. The number of ether oxygens (including phenoxy) is 1. The van der Waals surface area contributed by atoms with E-state index in [0.717, 1.165) is 0 Å². The molecule has 3 nitrogen and oxygen atoms in total. The number of rotatable bonds is 0. The van der Waals surface area contributed by atoms with Crippen molar-refractivity contribution in [1.29, 1.82) is 0 Å². The zero-order valence-corrected chi connectivity index (χ0v) is 5.95. The van der Waals surface area contributed by atoms with Gasteiger partial charge in [-0.05, 0) is 11.9 Å². The highest BCUT2D eigenvalue weighted by molar-refractivity contribution is 8.19. The van der Waals surface area contributed by atoms with Crippen molar-refractivity contribution < 1.29 is 9.53 Å². The summed E-state index contributed by atoms with van der Waals surface area (Å²) in [5.74, 6) is 0. The predicted molar refractivity (Wildman–Crippen MR) is 36.4 cm³/mol. The quantitative estimate of drug-likeness (QED) is 0.504. The molecule has 0 saturated carbocycles. The highest BCUT2D eigenvalue weighted by Crippen LogP contribution is 2.41. The first-order chi connectivity index (χ1) is 4.38. The number of fused-ring (bicyclic) bond motifs is 1. The Morgan fingerprint density at radius 2 is 2.67 bits per heavy atom. The number of nitrogens with zero attached hydrogens (tertiary/aromatic N) is 1. The van der Waals surface area contributed by atoms with E-state index in [1.165, 1.54) is 23.7 Å². The average molecular weight is 161 g/mol. The number of amides is 1. The number of hydrogen-bond acceptors (Lipinski definition) is 4. The molecule has 0 spiro atoms. The van der Waals surface area contributed by atoms with Gasteiger partial charge in [-0.2, -0.15) is 0 Å². The molecule has 0 N–H and O–H groups in total. The minimum atomic E-state index is -0.0625. The fraction of sp³-hybridized carbons (Fsp3) is 0.250. The van der Waals surface area contributed by atoms with Gasteiger partial charge >= 0.3 is 5.24 Å². The van der Waals surface area contributed by atoms with Crippen molar-refractivity contribution in [2.75, 3.05) is 0 Å². The SMILES string of the molecule is O=C1S[C@@H]2OC=CSN12. The Balaban J connectivity index is 2.12. The van der Waals surface area contributed by atoms with Crippen LogP contribution in [0.1, 0.15) is 0 Å². The second kappa shape index (κ2) is 1.85. The monoisotopic (exact) mass is 161 g/mol. The second-order valence-corrected chi connectivity index (χ2v) is 3.39. The highest BCUT2D eigenvalue weighted by atomic mass is 32.2. The number of thioether (sulfide) groups is 1. The van der Waals surface area contributed by atoms with E-state index in [0.29, 0.717) is 0 Å². The van der Waals surface area contributed by atoms with Gasteiger partial charge in [0, 0.05) is 17.2 Å². The summed E-state index contributed by atoms with van der Waals surface area (Å²) in [6.07, 6.45) is 1.60. The Hall–Kier alpha value is -0.290. The van der Waals surface area contributed by atoms with Crippen molar-refractivity contribution >= 4 is 28.9 Å². The van der Waals surface area contributed by atoms with Crippen LogP contribution in [0.4, 0.5) is 4.79 Å². The minimum Gasteiger partial charge on any atom is -0.467 e. The van der Waals surface area contributed by atoms with Gasteiger partial charge in [0.2, 0.25) is 5.56 Å². The van der Waals surface area contributed by atoms with Gasteiger partial charge < -0.3 is 4.74 Å². The van der Waals surface area contributed by atoms with Crippen molar-refractivity contribution in [3.05, 3.63) is 11.7 Å². The van der Waals surface area contributed by atoms with E-state index >= 15 is 0 Å². The lowest BCUT2D eigenvalue weighted by atomic mass is 11.0. The van der Waals surface area contributed by atoms with Crippen LogP contribution in [0.2, 0.25) is 0 Å². The molecule has 0 aromatic heterocycles. The van der Waals surface area contributed by atoms with Gasteiger partial charge in [-0.15, -0.1) is 0 Å². The summed E-state index contributed by atoms with van der Waals surface area (Å²) >= 11 is 2.58. The highest BCUT2D eigenvalue weighted by Gasteiger charge is 2.40. The molecule has 2 aliphatic rings. The lowest BCUT2D eigenvalue weighted by molar-refractivity contribution is 0.128. The standard InChI is InChI=1S/C4H3NO2S2/c6-3-5-4(9-3)7-1-2-8-5/h1-2,4H/t4-/m0/s1. The third kappa shape index (κ3) is 0.718. The molecule has 48 valence electrons. The number of carbonyl (C=O) groups is 1. The van der Waals surface area contributed by atoms with E-state index in [-0.39, 0.29) is 10.8 Å². The van der Waals surface area contributed by atoms with Gasteiger partial charge in [-0.3, -0.25) is 4.79 Å². The van der Waals surface area contributed by atoms with Gasteiger partial charge in [-0.25, -0.2) is 4.31 Å². The molecule has 0 aromatic rings. The first kappa shape index (κ1) is 5.49. The van der Waals surface area contributed by atoms with Gasteiger partial charge in [0.25, 0.3) is 0 Å². The van der Waals surface area contributed by atoms with Gasteiger partial charge in [0.1, 0.15) is 0 Å². The molecule has 1 amide bonds. The predicted octanol–water partition coefficient (Wildman–Crippen LogP) is 1.59. The maximum absolute atomic E-state index is 10.6. The second-order valence-electron chi connectivity index (χ2n) is 1.53. The lowest BCUT2D eigenvalue weighted by Gasteiger charge is -2.37. The van der Waals surface area contributed by atoms with E-state index in [1.807, 2.05) is 0 Å². The van der Waals surface area contributed by atoms with Crippen LogP contribution >= 0.6 is 23.7 Å². The van der Waals surface area contributed by atoms with Crippen LogP contribution in [0.15, 0.2) is 11.7 Å². The van der Waals surface area contributed by atoms with E-state index < -0.39 is 0 Å². The maximum atomic E-state index is 10.6. The van der Waals surface area contributed by atoms with Gasteiger partial charge in [0.05, 0.1) is 6.26 Å². The van der Waals surface area contributed by atoms with Crippen molar-refractivity contribution in [3.63, 3.8) is 0 Å². The molecule has 9 heavy (non-hydrogen) atoms. The molecule has 2 rings (SSSR count). The van der Waals surface area contributed by atoms with Crippen LogP contribution in [-0.4, -0.2) is 15.1 Å². The third-order valence-electron chi connectivity index (χ3n) is 0.998.